The molecule has 0 fully saturated rings. The molecule has 0 bridgehead atoms. The lowest BCUT2D eigenvalue weighted by atomic mass is 10.2. The average molecular weight is 254 g/mol. The number of halogens is 1. The van der Waals surface area contributed by atoms with Gasteiger partial charge in [-0.15, -0.1) is 0 Å². The highest BCUT2D eigenvalue weighted by molar-refractivity contribution is 6.31. The van der Waals surface area contributed by atoms with Gasteiger partial charge in [0.15, 0.2) is 0 Å². The van der Waals surface area contributed by atoms with Crippen molar-refractivity contribution in [1.29, 1.82) is 0 Å². The molecular formula is C12H12ClNO3. The molecule has 0 unspecified atom stereocenters. The zero-order chi connectivity index (χ0) is 12.8. The molecule has 0 saturated heterocycles. The van der Waals surface area contributed by atoms with Gasteiger partial charge in [-0.2, -0.15) is 0 Å². The second-order valence-corrected chi connectivity index (χ2v) is 3.79. The van der Waals surface area contributed by atoms with Crippen molar-refractivity contribution < 1.29 is 14.3 Å². The second kappa shape index (κ2) is 6.06. The lowest BCUT2D eigenvalue weighted by molar-refractivity contribution is -0.136. The lowest BCUT2D eigenvalue weighted by Gasteiger charge is -2.08. The van der Waals surface area contributed by atoms with Crippen LogP contribution in [0.2, 0.25) is 0 Å². The third kappa shape index (κ3) is 3.60. The van der Waals surface area contributed by atoms with Gasteiger partial charge in [0.2, 0.25) is 0 Å². The molecule has 1 aromatic rings. The van der Waals surface area contributed by atoms with Gasteiger partial charge in [0.25, 0.3) is 5.91 Å². The highest BCUT2D eigenvalue weighted by atomic mass is 35.5. The predicted molar refractivity (Wildman–Crippen MR) is 64.5 cm³/mol. The smallest absolute Gasteiger partial charge is 0.355 e. The number of carbonyl (C=O) groups is 2. The number of ether oxygens (including phenoxy) is 1. The summed E-state index contributed by atoms with van der Waals surface area (Å²) >= 11 is 5.71. The fraction of sp³-hybridized carbons (Fsp3) is 0.167. The second-order valence-electron chi connectivity index (χ2n) is 3.22. The largest absolute Gasteiger partial charge is 0.464 e. The molecule has 0 atom stereocenters. The number of allylic oxidation sites excluding steroid dienone is 1. The quantitative estimate of drug-likeness (QED) is 0.663. The Morgan fingerprint density at radius 3 is 2.29 bits per heavy atom. The summed E-state index contributed by atoms with van der Waals surface area (Å²) < 4.78 is 4.51. The Labute approximate surface area is 104 Å². The van der Waals surface area contributed by atoms with Crippen molar-refractivity contribution >= 4 is 23.5 Å². The van der Waals surface area contributed by atoms with Gasteiger partial charge in [0.1, 0.15) is 5.70 Å². The summed E-state index contributed by atoms with van der Waals surface area (Å²) in [5, 5.41) is 2.59. The maximum absolute atomic E-state index is 11.8. The van der Waals surface area contributed by atoms with Crippen molar-refractivity contribution in [3.8, 4) is 0 Å². The summed E-state index contributed by atoms with van der Waals surface area (Å²) in [5.74, 6) is -1.09. The number of nitrogens with one attached hydrogen (secondary N) is 1. The summed E-state index contributed by atoms with van der Waals surface area (Å²) in [7, 11) is 1.22. The summed E-state index contributed by atoms with van der Waals surface area (Å²) in [6.07, 6.45) is 0. The monoisotopic (exact) mass is 253 g/mol. The SMILES string of the molecule is COC(=O)C(NC(=O)c1ccccc1)=C(C)Cl. The zero-order valence-electron chi connectivity index (χ0n) is 9.49. The lowest BCUT2D eigenvalue weighted by Crippen LogP contribution is -2.28. The van der Waals surface area contributed by atoms with Crippen LogP contribution < -0.4 is 5.32 Å². The van der Waals surface area contributed by atoms with Gasteiger partial charge in [-0.1, -0.05) is 29.8 Å². The Bertz CT molecular complexity index is 450. The molecule has 0 heterocycles. The Kier molecular flexibility index (Phi) is 4.72. The molecule has 90 valence electrons. The van der Waals surface area contributed by atoms with Crippen molar-refractivity contribution in [3.63, 3.8) is 0 Å². The van der Waals surface area contributed by atoms with Crippen LogP contribution in [0.4, 0.5) is 0 Å². The molecule has 0 aromatic heterocycles. The predicted octanol–water partition coefficient (Wildman–Crippen LogP) is 2.06. The maximum Gasteiger partial charge on any atom is 0.355 e. The Hall–Kier alpha value is -1.81. The van der Waals surface area contributed by atoms with Crippen LogP contribution >= 0.6 is 11.6 Å². The van der Waals surface area contributed by atoms with E-state index in [9.17, 15) is 9.59 Å². The highest BCUT2D eigenvalue weighted by Gasteiger charge is 2.16. The molecule has 5 heteroatoms. The van der Waals surface area contributed by atoms with Crippen LogP contribution in [0.25, 0.3) is 0 Å². The molecule has 4 nitrogen and oxygen atoms in total. The van der Waals surface area contributed by atoms with E-state index in [0.717, 1.165) is 0 Å². The number of methoxy groups -OCH3 is 1. The van der Waals surface area contributed by atoms with E-state index in [2.05, 4.69) is 10.1 Å². The number of esters is 1. The fourth-order valence-corrected chi connectivity index (χ4v) is 1.28. The number of amides is 1. The van der Waals surface area contributed by atoms with Crippen LogP contribution in [0, 0.1) is 0 Å². The summed E-state index contributed by atoms with van der Waals surface area (Å²) in [4.78, 5) is 23.1. The van der Waals surface area contributed by atoms with Gasteiger partial charge in [-0.05, 0) is 19.1 Å². The topological polar surface area (TPSA) is 55.4 Å². The number of hydrogen-bond donors (Lipinski definition) is 1. The maximum atomic E-state index is 11.8. The van der Waals surface area contributed by atoms with Crippen LogP contribution in [-0.4, -0.2) is 19.0 Å². The Morgan fingerprint density at radius 1 is 1.24 bits per heavy atom. The molecule has 1 amide bonds. The molecule has 1 rings (SSSR count). The number of hydrogen-bond acceptors (Lipinski definition) is 3. The molecular weight excluding hydrogens is 242 g/mol. The van der Waals surface area contributed by atoms with Gasteiger partial charge in [-0.3, -0.25) is 4.79 Å². The van der Waals surface area contributed by atoms with E-state index >= 15 is 0 Å². The molecule has 0 spiro atoms. The Morgan fingerprint density at radius 2 is 1.82 bits per heavy atom. The first-order valence-electron chi connectivity index (χ1n) is 4.87. The average Bonchev–Trinajstić information content (AvgIpc) is 2.35. The number of carbonyl (C=O) groups excluding carboxylic acids is 2. The summed E-state index contributed by atoms with van der Waals surface area (Å²) in [6.45, 7) is 1.50. The first kappa shape index (κ1) is 13.3. The van der Waals surface area contributed by atoms with Crippen LogP contribution in [0.5, 0.6) is 0 Å². The molecule has 0 radical (unpaired) electrons. The highest BCUT2D eigenvalue weighted by Crippen LogP contribution is 2.09. The van der Waals surface area contributed by atoms with E-state index in [1.807, 2.05) is 0 Å². The number of rotatable bonds is 3. The third-order valence-corrected chi connectivity index (χ3v) is 2.20. The van der Waals surface area contributed by atoms with Gasteiger partial charge in [0, 0.05) is 10.6 Å². The van der Waals surface area contributed by atoms with E-state index < -0.39 is 11.9 Å². The normalized spacial score (nSPS) is 11.5. The van der Waals surface area contributed by atoms with E-state index in [1.54, 1.807) is 30.3 Å². The molecule has 0 aliphatic rings. The Balaban J connectivity index is 2.87. The van der Waals surface area contributed by atoms with E-state index in [1.165, 1.54) is 14.0 Å². The van der Waals surface area contributed by atoms with Crippen molar-refractivity contribution in [2.45, 2.75) is 6.92 Å². The minimum Gasteiger partial charge on any atom is -0.464 e. The number of benzene rings is 1. The van der Waals surface area contributed by atoms with Crippen LogP contribution in [0.3, 0.4) is 0 Å². The van der Waals surface area contributed by atoms with Crippen molar-refractivity contribution in [1.82, 2.24) is 5.32 Å². The van der Waals surface area contributed by atoms with Crippen LogP contribution in [-0.2, 0) is 9.53 Å². The first-order chi connectivity index (χ1) is 8.06. The summed E-state index contributed by atoms with van der Waals surface area (Å²) in [5.41, 5.74) is 0.384. The minimum atomic E-state index is -0.679. The first-order valence-corrected chi connectivity index (χ1v) is 5.25. The minimum absolute atomic E-state index is 0.0528. The van der Waals surface area contributed by atoms with Gasteiger partial charge in [-0.25, -0.2) is 4.79 Å². The van der Waals surface area contributed by atoms with Crippen LogP contribution in [0.15, 0.2) is 41.1 Å². The van der Waals surface area contributed by atoms with Gasteiger partial charge < -0.3 is 10.1 Å². The third-order valence-electron chi connectivity index (χ3n) is 2.01. The molecule has 0 saturated carbocycles. The summed E-state index contributed by atoms with van der Waals surface area (Å²) in [6, 6.07) is 8.51. The molecule has 17 heavy (non-hydrogen) atoms. The standard InChI is InChI=1S/C12H12ClNO3/c1-8(13)10(12(16)17-2)14-11(15)9-6-4-3-5-7-9/h3-7H,1-2H3,(H,14,15). The van der Waals surface area contributed by atoms with Crippen molar-refractivity contribution in [2.75, 3.05) is 7.11 Å². The fourth-order valence-electron chi connectivity index (χ4n) is 1.16. The van der Waals surface area contributed by atoms with Gasteiger partial charge >= 0.3 is 5.97 Å². The van der Waals surface area contributed by atoms with E-state index in [-0.39, 0.29) is 10.7 Å². The molecule has 1 aromatic carbocycles. The zero-order valence-corrected chi connectivity index (χ0v) is 10.2. The van der Waals surface area contributed by atoms with Gasteiger partial charge in [0.05, 0.1) is 7.11 Å². The van der Waals surface area contributed by atoms with E-state index in [4.69, 9.17) is 11.6 Å². The van der Waals surface area contributed by atoms with Crippen LogP contribution in [0.1, 0.15) is 17.3 Å². The molecule has 1 N–H and O–H groups in total. The van der Waals surface area contributed by atoms with Crippen molar-refractivity contribution in [2.24, 2.45) is 0 Å². The molecule has 0 aliphatic heterocycles. The van der Waals surface area contributed by atoms with E-state index in [0.29, 0.717) is 5.56 Å². The molecule has 0 aliphatic carbocycles. The van der Waals surface area contributed by atoms with Crippen molar-refractivity contribution in [3.05, 3.63) is 46.6 Å².